The van der Waals surface area contributed by atoms with Crippen molar-refractivity contribution in [1.82, 2.24) is 34.7 Å². The maximum absolute atomic E-state index is 13.1. The highest BCUT2D eigenvalue weighted by molar-refractivity contribution is 5.94. The number of hydrogen-bond acceptors (Lipinski definition) is 9. The summed E-state index contributed by atoms with van der Waals surface area (Å²) in [6.07, 6.45) is 7.03. The van der Waals surface area contributed by atoms with Crippen molar-refractivity contribution in [2.24, 2.45) is 0 Å². The quantitative estimate of drug-likeness (QED) is 0.186. The van der Waals surface area contributed by atoms with Gasteiger partial charge in [-0.05, 0) is 37.5 Å². The highest BCUT2D eigenvalue weighted by atomic mass is 16.6. The molecule has 1 unspecified atom stereocenters. The predicted octanol–water partition coefficient (Wildman–Crippen LogP) is 0.759. The zero-order valence-electron chi connectivity index (χ0n) is 22.0. The van der Waals surface area contributed by atoms with Gasteiger partial charge in [-0.1, -0.05) is 19.4 Å². The SMILES string of the molecule is CCCc1ncnc2[nH]c(Cn3cccc(NC(=O)[C@H](CC/C=C/C(=O)N(C)C)NC(O)OC)c3=O)nc12. The molecule has 0 aliphatic carbocycles. The van der Waals surface area contributed by atoms with E-state index in [1.807, 2.05) is 0 Å². The average Bonchev–Trinajstić information content (AvgIpc) is 3.31. The predicted molar refractivity (Wildman–Crippen MR) is 141 cm³/mol. The second-order valence-corrected chi connectivity index (χ2v) is 8.81. The molecule has 3 heterocycles. The number of fused-ring (bicyclic) bond motifs is 1. The summed E-state index contributed by atoms with van der Waals surface area (Å²) in [4.78, 5) is 55.5. The fourth-order valence-corrected chi connectivity index (χ4v) is 3.68. The van der Waals surface area contributed by atoms with E-state index < -0.39 is 23.9 Å². The number of hydrogen-bond donors (Lipinski definition) is 4. The molecule has 0 spiro atoms. The van der Waals surface area contributed by atoms with Gasteiger partial charge in [0.25, 0.3) is 5.56 Å². The van der Waals surface area contributed by atoms with E-state index in [-0.39, 0.29) is 24.6 Å². The number of amides is 2. The van der Waals surface area contributed by atoms with Gasteiger partial charge >= 0.3 is 0 Å². The molecule has 3 rings (SSSR count). The third-order valence-corrected chi connectivity index (χ3v) is 5.70. The number of aliphatic hydroxyl groups excluding tert-OH is 1. The molecule has 0 radical (unpaired) electrons. The number of pyridine rings is 1. The molecule has 0 aliphatic heterocycles. The lowest BCUT2D eigenvalue weighted by Gasteiger charge is -2.20. The number of nitrogens with one attached hydrogen (secondary N) is 3. The van der Waals surface area contributed by atoms with E-state index in [1.54, 1.807) is 32.4 Å². The van der Waals surface area contributed by atoms with Crippen molar-refractivity contribution in [3.8, 4) is 0 Å². The topological polar surface area (TPSA) is 167 Å². The highest BCUT2D eigenvalue weighted by Crippen LogP contribution is 2.14. The van der Waals surface area contributed by atoms with Crippen LogP contribution in [-0.2, 0) is 27.3 Å². The molecule has 0 saturated heterocycles. The maximum atomic E-state index is 13.1. The number of allylic oxidation sites excluding steroid dienone is 1. The first-order valence-corrected chi connectivity index (χ1v) is 12.3. The second kappa shape index (κ2) is 13.6. The summed E-state index contributed by atoms with van der Waals surface area (Å²) in [6.45, 7) is 2.19. The number of aliphatic hydroxyl groups is 1. The van der Waals surface area contributed by atoms with Crippen LogP contribution < -0.4 is 16.2 Å². The van der Waals surface area contributed by atoms with Crippen LogP contribution in [0, 0.1) is 0 Å². The van der Waals surface area contributed by atoms with E-state index in [4.69, 9.17) is 4.74 Å². The minimum Gasteiger partial charge on any atom is -0.356 e. The Morgan fingerprint density at radius 2 is 2.11 bits per heavy atom. The molecule has 0 bridgehead atoms. The number of anilines is 1. The number of ether oxygens (including phenoxy) is 1. The summed E-state index contributed by atoms with van der Waals surface area (Å²) in [5.74, 6) is -0.185. The molecule has 0 fully saturated rings. The number of carbonyl (C=O) groups is 2. The number of aryl methyl sites for hydroxylation is 1. The van der Waals surface area contributed by atoms with Crippen LogP contribution in [0.3, 0.4) is 0 Å². The lowest BCUT2D eigenvalue weighted by molar-refractivity contribution is -0.129. The molecule has 3 aromatic rings. The largest absolute Gasteiger partial charge is 0.356 e. The van der Waals surface area contributed by atoms with Gasteiger partial charge in [0, 0.05) is 27.4 Å². The van der Waals surface area contributed by atoms with Gasteiger partial charge in [-0.15, -0.1) is 0 Å². The minimum atomic E-state index is -1.39. The van der Waals surface area contributed by atoms with Gasteiger partial charge in [0.05, 0.1) is 18.3 Å². The fraction of sp³-hybridized carbons (Fsp3) is 0.440. The standard InChI is InChI=1S/C25H34N8O5/c1-5-9-16-21-22(27-15-26-16)31-19(30-21)14-33-13-8-11-18(24(33)36)28-23(35)17(29-25(37)38-4)10-6-7-12-20(34)32(2)3/h7-8,11-13,15,17,25,29,37H,5-6,9-10,14H2,1-4H3,(H,28,35)(H,26,27,30,31)/b12-7+/t17-,25?/m0/s1. The first-order valence-electron chi connectivity index (χ1n) is 12.3. The summed E-state index contributed by atoms with van der Waals surface area (Å²) in [6, 6.07) is 2.24. The van der Waals surface area contributed by atoms with Gasteiger partial charge in [0.1, 0.15) is 23.4 Å². The Kier molecular flexibility index (Phi) is 10.2. The Morgan fingerprint density at radius 1 is 1.32 bits per heavy atom. The molecule has 4 N–H and O–H groups in total. The van der Waals surface area contributed by atoms with Crippen LogP contribution in [0.2, 0.25) is 0 Å². The first-order chi connectivity index (χ1) is 18.2. The summed E-state index contributed by atoms with van der Waals surface area (Å²) in [5.41, 5.74) is 1.75. The lowest BCUT2D eigenvalue weighted by Crippen LogP contribution is -2.47. The van der Waals surface area contributed by atoms with Crippen molar-refractivity contribution < 1.29 is 19.4 Å². The monoisotopic (exact) mass is 526 g/mol. The third-order valence-electron chi connectivity index (χ3n) is 5.70. The number of imidazole rings is 1. The molecule has 204 valence electrons. The van der Waals surface area contributed by atoms with Crippen molar-refractivity contribution >= 4 is 28.7 Å². The van der Waals surface area contributed by atoms with Gasteiger partial charge in [-0.3, -0.25) is 19.7 Å². The van der Waals surface area contributed by atoms with E-state index in [2.05, 4.69) is 37.5 Å². The molecular formula is C25H34N8O5. The van der Waals surface area contributed by atoms with Gasteiger partial charge in [0.2, 0.25) is 18.2 Å². The number of likely N-dealkylation sites (N-methyl/N-ethyl adjacent to an activating group) is 1. The first kappa shape index (κ1) is 28.6. The zero-order valence-corrected chi connectivity index (χ0v) is 22.0. The normalized spacial score (nSPS) is 13.1. The lowest BCUT2D eigenvalue weighted by atomic mass is 10.1. The Bertz CT molecular complexity index is 1330. The van der Waals surface area contributed by atoms with Crippen molar-refractivity contribution in [2.45, 2.75) is 51.6 Å². The number of rotatable bonds is 13. The number of aromatic nitrogens is 5. The Balaban J connectivity index is 1.74. The van der Waals surface area contributed by atoms with Crippen LogP contribution in [0.15, 0.2) is 41.6 Å². The third kappa shape index (κ3) is 7.54. The van der Waals surface area contributed by atoms with Crippen LogP contribution in [0.1, 0.15) is 37.7 Å². The van der Waals surface area contributed by atoms with Gasteiger partial charge in [-0.2, -0.15) is 0 Å². The molecule has 0 saturated carbocycles. The number of methoxy groups -OCH3 is 1. The van der Waals surface area contributed by atoms with Crippen LogP contribution in [0.4, 0.5) is 5.69 Å². The van der Waals surface area contributed by atoms with Crippen molar-refractivity contribution in [1.29, 1.82) is 0 Å². The Morgan fingerprint density at radius 3 is 2.82 bits per heavy atom. The van der Waals surface area contributed by atoms with Crippen LogP contribution in [0.25, 0.3) is 11.2 Å². The number of nitrogens with zero attached hydrogens (tertiary/aromatic N) is 5. The van der Waals surface area contributed by atoms with Crippen molar-refractivity contribution in [3.63, 3.8) is 0 Å². The molecule has 0 aromatic carbocycles. The molecular weight excluding hydrogens is 492 g/mol. The molecule has 13 nitrogen and oxygen atoms in total. The summed E-state index contributed by atoms with van der Waals surface area (Å²) >= 11 is 0. The smallest absolute Gasteiger partial charge is 0.274 e. The highest BCUT2D eigenvalue weighted by Gasteiger charge is 2.22. The second-order valence-electron chi connectivity index (χ2n) is 8.81. The molecule has 2 amide bonds. The summed E-state index contributed by atoms with van der Waals surface area (Å²) in [7, 11) is 4.56. The fourth-order valence-electron chi connectivity index (χ4n) is 3.68. The average molecular weight is 527 g/mol. The van der Waals surface area contributed by atoms with Gasteiger partial charge in [0.15, 0.2) is 5.65 Å². The number of carbonyl (C=O) groups excluding carboxylic acids is 2. The molecule has 38 heavy (non-hydrogen) atoms. The molecule has 13 heteroatoms. The Labute approximate surface area is 220 Å². The van der Waals surface area contributed by atoms with Crippen molar-refractivity contribution in [2.75, 3.05) is 26.5 Å². The van der Waals surface area contributed by atoms with E-state index in [9.17, 15) is 19.5 Å². The summed E-state index contributed by atoms with van der Waals surface area (Å²) < 4.78 is 6.23. The van der Waals surface area contributed by atoms with Crippen LogP contribution >= 0.6 is 0 Å². The molecule has 3 aromatic heterocycles. The van der Waals surface area contributed by atoms with Gasteiger partial charge in [-0.25, -0.2) is 15.0 Å². The van der Waals surface area contributed by atoms with Gasteiger partial charge < -0.3 is 29.6 Å². The van der Waals surface area contributed by atoms with E-state index in [1.165, 1.54) is 35.0 Å². The van der Waals surface area contributed by atoms with E-state index >= 15 is 0 Å². The molecule has 0 aliphatic rings. The van der Waals surface area contributed by atoms with Crippen LogP contribution in [0.5, 0.6) is 0 Å². The number of aromatic amines is 1. The van der Waals surface area contributed by atoms with E-state index in [0.29, 0.717) is 23.4 Å². The number of H-pyrrole nitrogens is 1. The van der Waals surface area contributed by atoms with E-state index in [0.717, 1.165) is 18.5 Å². The van der Waals surface area contributed by atoms with Crippen LogP contribution in [-0.4, -0.2) is 80.0 Å². The van der Waals surface area contributed by atoms with Crippen molar-refractivity contribution in [3.05, 3.63) is 58.7 Å². The maximum Gasteiger partial charge on any atom is 0.274 e. The zero-order chi connectivity index (χ0) is 27.7. The molecule has 2 atom stereocenters. The summed E-state index contributed by atoms with van der Waals surface area (Å²) in [5, 5.41) is 15.1. The Hall–Kier alpha value is -3.94. The minimum absolute atomic E-state index is 0.0668.